The number of nitrogens with one attached hydrogen (secondary N) is 1. The number of carbonyl (C=O) groups is 1. The van der Waals surface area contributed by atoms with Crippen LogP contribution in [0.3, 0.4) is 0 Å². The second-order valence-corrected chi connectivity index (χ2v) is 4.17. The number of ether oxygens (including phenoxy) is 2. The SMILES string of the molecule is COc1ccc(/C=C/C(=O)NCC(C)N)cc1OC. The summed E-state index contributed by atoms with van der Waals surface area (Å²) < 4.78 is 10.3. The van der Waals surface area contributed by atoms with Crippen molar-refractivity contribution in [2.24, 2.45) is 5.73 Å². The summed E-state index contributed by atoms with van der Waals surface area (Å²) in [4.78, 5) is 11.5. The zero-order valence-corrected chi connectivity index (χ0v) is 11.5. The van der Waals surface area contributed by atoms with Crippen molar-refractivity contribution in [1.82, 2.24) is 5.32 Å². The van der Waals surface area contributed by atoms with Crippen molar-refractivity contribution >= 4 is 12.0 Å². The van der Waals surface area contributed by atoms with Crippen molar-refractivity contribution in [3.8, 4) is 11.5 Å². The summed E-state index contributed by atoms with van der Waals surface area (Å²) in [6, 6.07) is 5.38. The molecular weight excluding hydrogens is 244 g/mol. The van der Waals surface area contributed by atoms with Gasteiger partial charge in [0.1, 0.15) is 0 Å². The molecule has 19 heavy (non-hydrogen) atoms. The molecule has 0 aromatic heterocycles. The zero-order chi connectivity index (χ0) is 14.3. The van der Waals surface area contributed by atoms with Crippen LogP contribution in [0, 0.1) is 0 Å². The Morgan fingerprint density at radius 3 is 2.63 bits per heavy atom. The molecule has 0 heterocycles. The average molecular weight is 264 g/mol. The number of hydrogen-bond donors (Lipinski definition) is 2. The third-order valence-electron chi connectivity index (χ3n) is 2.43. The number of benzene rings is 1. The van der Waals surface area contributed by atoms with Crippen LogP contribution < -0.4 is 20.5 Å². The van der Waals surface area contributed by atoms with Crippen LogP contribution in [-0.2, 0) is 4.79 Å². The molecule has 0 bridgehead atoms. The molecular formula is C14H20N2O3. The molecule has 0 saturated heterocycles. The van der Waals surface area contributed by atoms with Gasteiger partial charge < -0.3 is 20.5 Å². The molecule has 0 aliphatic heterocycles. The van der Waals surface area contributed by atoms with Crippen LogP contribution in [-0.4, -0.2) is 32.7 Å². The third kappa shape index (κ3) is 5.01. The Bertz CT molecular complexity index is 456. The van der Waals surface area contributed by atoms with Crippen molar-refractivity contribution in [3.63, 3.8) is 0 Å². The highest BCUT2D eigenvalue weighted by Crippen LogP contribution is 2.27. The van der Waals surface area contributed by atoms with Crippen LogP contribution >= 0.6 is 0 Å². The molecule has 0 aliphatic rings. The van der Waals surface area contributed by atoms with Gasteiger partial charge in [-0.25, -0.2) is 0 Å². The molecule has 1 unspecified atom stereocenters. The summed E-state index contributed by atoms with van der Waals surface area (Å²) in [6.07, 6.45) is 3.17. The smallest absolute Gasteiger partial charge is 0.244 e. The Balaban J connectivity index is 2.68. The second-order valence-electron chi connectivity index (χ2n) is 4.17. The number of carbonyl (C=O) groups excluding carboxylic acids is 1. The van der Waals surface area contributed by atoms with E-state index in [1.165, 1.54) is 6.08 Å². The van der Waals surface area contributed by atoms with Crippen LogP contribution in [0.1, 0.15) is 12.5 Å². The zero-order valence-electron chi connectivity index (χ0n) is 11.5. The van der Waals surface area contributed by atoms with Gasteiger partial charge in [0.25, 0.3) is 0 Å². The predicted molar refractivity (Wildman–Crippen MR) is 75.2 cm³/mol. The highest BCUT2D eigenvalue weighted by molar-refractivity contribution is 5.91. The van der Waals surface area contributed by atoms with E-state index in [-0.39, 0.29) is 11.9 Å². The monoisotopic (exact) mass is 264 g/mol. The van der Waals surface area contributed by atoms with E-state index >= 15 is 0 Å². The summed E-state index contributed by atoms with van der Waals surface area (Å²) >= 11 is 0. The third-order valence-corrected chi connectivity index (χ3v) is 2.43. The van der Waals surface area contributed by atoms with Crippen molar-refractivity contribution in [2.45, 2.75) is 13.0 Å². The van der Waals surface area contributed by atoms with E-state index in [1.54, 1.807) is 32.4 Å². The lowest BCUT2D eigenvalue weighted by Crippen LogP contribution is -2.34. The number of nitrogens with two attached hydrogens (primary N) is 1. The van der Waals surface area contributed by atoms with Crippen molar-refractivity contribution < 1.29 is 14.3 Å². The molecule has 1 rings (SSSR count). The standard InChI is InChI=1S/C14H20N2O3/c1-10(15)9-16-14(17)7-5-11-4-6-12(18-2)13(8-11)19-3/h4-8,10H,9,15H2,1-3H3,(H,16,17)/b7-5+. The van der Waals surface area contributed by atoms with Gasteiger partial charge in [-0.05, 0) is 30.7 Å². The molecule has 5 nitrogen and oxygen atoms in total. The van der Waals surface area contributed by atoms with E-state index < -0.39 is 0 Å². The number of amides is 1. The fourth-order valence-corrected chi connectivity index (χ4v) is 1.45. The molecule has 5 heteroatoms. The molecule has 0 fully saturated rings. The molecule has 0 spiro atoms. The molecule has 0 aliphatic carbocycles. The maximum Gasteiger partial charge on any atom is 0.244 e. The summed E-state index contributed by atoms with van der Waals surface area (Å²) in [5.74, 6) is 1.11. The minimum atomic E-state index is -0.174. The molecule has 1 amide bonds. The van der Waals surface area contributed by atoms with Gasteiger partial charge in [-0.2, -0.15) is 0 Å². The van der Waals surface area contributed by atoms with E-state index in [4.69, 9.17) is 15.2 Å². The number of methoxy groups -OCH3 is 2. The van der Waals surface area contributed by atoms with E-state index in [0.717, 1.165) is 5.56 Å². The lowest BCUT2D eigenvalue weighted by Gasteiger charge is -2.07. The van der Waals surface area contributed by atoms with Gasteiger partial charge >= 0.3 is 0 Å². The first-order valence-corrected chi connectivity index (χ1v) is 6.00. The first kappa shape index (κ1) is 15.0. The summed E-state index contributed by atoms with van der Waals surface area (Å²) in [5, 5.41) is 2.70. The van der Waals surface area contributed by atoms with Crippen molar-refractivity contribution in [2.75, 3.05) is 20.8 Å². The van der Waals surface area contributed by atoms with Gasteiger partial charge in [-0.15, -0.1) is 0 Å². The first-order chi connectivity index (χ1) is 9.06. The van der Waals surface area contributed by atoms with Gasteiger partial charge in [0.05, 0.1) is 14.2 Å². The highest BCUT2D eigenvalue weighted by atomic mass is 16.5. The van der Waals surface area contributed by atoms with Crippen LogP contribution in [0.25, 0.3) is 6.08 Å². The lowest BCUT2D eigenvalue weighted by molar-refractivity contribution is -0.116. The molecule has 1 aromatic carbocycles. The van der Waals surface area contributed by atoms with Crippen LogP contribution in [0.5, 0.6) is 11.5 Å². The van der Waals surface area contributed by atoms with Gasteiger partial charge in [0.2, 0.25) is 5.91 Å². The minimum absolute atomic E-state index is 0.0570. The maximum atomic E-state index is 11.5. The Morgan fingerprint density at radius 2 is 2.05 bits per heavy atom. The van der Waals surface area contributed by atoms with E-state index in [9.17, 15) is 4.79 Å². The number of hydrogen-bond acceptors (Lipinski definition) is 4. The minimum Gasteiger partial charge on any atom is -0.493 e. The molecule has 0 radical (unpaired) electrons. The van der Waals surface area contributed by atoms with E-state index in [0.29, 0.717) is 18.0 Å². The highest BCUT2D eigenvalue weighted by Gasteiger charge is 2.03. The maximum absolute atomic E-state index is 11.5. The average Bonchev–Trinajstić information content (AvgIpc) is 2.42. The molecule has 1 atom stereocenters. The van der Waals surface area contributed by atoms with Crippen molar-refractivity contribution in [3.05, 3.63) is 29.8 Å². The van der Waals surface area contributed by atoms with Gasteiger partial charge in [-0.3, -0.25) is 4.79 Å². The second kappa shape index (κ2) is 7.43. The van der Waals surface area contributed by atoms with E-state index in [1.807, 2.05) is 13.0 Å². The van der Waals surface area contributed by atoms with Crippen LogP contribution in [0.4, 0.5) is 0 Å². The summed E-state index contributed by atoms with van der Waals surface area (Å²) in [6.45, 7) is 2.29. The topological polar surface area (TPSA) is 73.6 Å². The van der Waals surface area contributed by atoms with Gasteiger partial charge in [-0.1, -0.05) is 6.07 Å². The Labute approximate surface area is 113 Å². The number of rotatable bonds is 6. The molecule has 1 aromatic rings. The predicted octanol–water partition coefficient (Wildman–Crippen LogP) is 1.18. The first-order valence-electron chi connectivity index (χ1n) is 6.00. The normalized spacial score (nSPS) is 12.2. The Kier molecular flexibility index (Phi) is 5.89. The largest absolute Gasteiger partial charge is 0.493 e. The van der Waals surface area contributed by atoms with Crippen molar-refractivity contribution in [1.29, 1.82) is 0 Å². The molecule has 0 saturated carbocycles. The summed E-state index contributed by atoms with van der Waals surface area (Å²) in [7, 11) is 3.15. The molecule has 3 N–H and O–H groups in total. The van der Waals surface area contributed by atoms with E-state index in [2.05, 4.69) is 5.32 Å². The fraction of sp³-hybridized carbons (Fsp3) is 0.357. The van der Waals surface area contributed by atoms with Crippen LogP contribution in [0.2, 0.25) is 0 Å². The fourth-order valence-electron chi connectivity index (χ4n) is 1.45. The van der Waals surface area contributed by atoms with Gasteiger partial charge in [0, 0.05) is 18.7 Å². The molecule has 104 valence electrons. The summed E-state index contributed by atoms with van der Waals surface area (Å²) in [5.41, 5.74) is 6.40. The Morgan fingerprint density at radius 1 is 1.37 bits per heavy atom. The quantitative estimate of drug-likeness (QED) is 0.757. The van der Waals surface area contributed by atoms with Gasteiger partial charge in [0.15, 0.2) is 11.5 Å². The lowest BCUT2D eigenvalue weighted by atomic mass is 10.2. The van der Waals surface area contributed by atoms with Crippen LogP contribution in [0.15, 0.2) is 24.3 Å². The Hall–Kier alpha value is -2.01.